The summed E-state index contributed by atoms with van der Waals surface area (Å²) >= 11 is 4.58. The van der Waals surface area contributed by atoms with Gasteiger partial charge in [-0.2, -0.15) is 4.31 Å². The van der Waals surface area contributed by atoms with Gasteiger partial charge in [-0.25, -0.2) is 8.42 Å². The second-order valence-corrected chi connectivity index (χ2v) is 8.25. The first-order valence-electron chi connectivity index (χ1n) is 5.82. The molecule has 0 fully saturated rings. The van der Waals surface area contributed by atoms with Crippen molar-refractivity contribution in [1.82, 2.24) is 4.31 Å². The van der Waals surface area contributed by atoms with Gasteiger partial charge in [0, 0.05) is 28.3 Å². The molecule has 1 N–H and O–H groups in total. The van der Waals surface area contributed by atoms with E-state index >= 15 is 0 Å². The van der Waals surface area contributed by atoms with Gasteiger partial charge in [0.1, 0.15) is 0 Å². The van der Waals surface area contributed by atoms with Gasteiger partial charge in [-0.1, -0.05) is 28.1 Å². The topological polar surface area (TPSA) is 57.6 Å². The molecule has 0 unspecified atom stereocenters. The SMILES string of the molecule is CN(Cc1ccc(Br)cc1)S(=O)(=O)c1csc(CO)c1. The predicted octanol–water partition coefficient (Wildman–Crippen LogP) is 2.82. The number of aliphatic hydroxyl groups is 1. The molecule has 0 spiro atoms. The molecule has 20 heavy (non-hydrogen) atoms. The molecule has 1 aromatic carbocycles. The molecule has 108 valence electrons. The molecule has 0 radical (unpaired) electrons. The third kappa shape index (κ3) is 3.48. The van der Waals surface area contributed by atoms with Crippen molar-refractivity contribution in [3.8, 4) is 0 Å². The predicted molar refractivity (Wildman–Crippen MR) is 83.0 cm³/mol. The smallest absolute Gasteiger partial charge is 0.243 e. The van der Waals surface area contributed by atoms with E-state index in [1.807, 2.05) is 24.3 Å². The normalized spacial score (nSPS) is 12.0. The van der Waals surface area contributed by atoms with Gasteiger partial charge < -0.3 is 5.11 Å². The number of rotatable bonds is 5. The highest BCUT2D eigenvalue weighted by atomic mass is 79.9. The minimum absolute atomic E-state index is 0.142. The lowest BCUT2D eigenvalue weighted by Crippen LogP contribution is -2.26. The van der Waals surface area contributed by atoms with E-state index < -0.39 is 10.0 Å². The van der Waals surface area contributed by atoms with Gasteiger partial charge in [-0.3, -0.25) is 0 Å². The summed E-state index contributed by atoms with van der Waals surface area (Å²) < 4.78 is 27.0. The maximum absolute atomic E-state index is 12.4. The van der Waals surface area contributed by atoms with Crippen LogP contribution in [0.3, 0.4) is 0 Å². The van der Waals surface area contributed by atoms with Gasteiger partial charge in [0.2, 0.25) is 10.0 Å². The van der Waals surface area contributed by atoms with Crippen molar-refractivity contribution in [3.05, 3.63) is 50.6 Å². The van der Waals surface area contributed by atoms with Gasteiger partial charge in [-0.15, -0.1) is 11.3 Å². The lowest BCUT2D eigenvalue weighted by atomic mass is 10.2. The summed E-state index contributed by atoms with van der Waals surface area (Å²) in [5.41, 5.74) is 0.914. The summed E-state index contributed by atoms with van der Waals surface area (Å²) in [5, 5.41) is 10.6. The number of hydrogen-bond donors (Lipinski definition) is 1. The Kier molecular flexibility index (Phi) is 4.98. The highest BCUT2D eigenvalue weighted by molar-refractivity contribution is 9.10. The minimum atomic E-state index is -3.52. The molecule has 0 aliphatic rings. The van der Waals surface area contributed by atoms with Crippen molar-refractivity contribution in [1.29, 1.82) is 0 Å². The van der Waals surface area contributed by atoms with Crippen LogP contribution in [-0.2, 0) is 23.2 Å². The second kappa shape index (κ2) is 6.36. The van der Waals surface area contributed by atoms with E-state index in [1.54, 1.807) is 12.4 Å². The van der Waals surface area contributed by atoms with E-state index in [9.17, 15) is 8.42 Å². The lowest BCUT2D eigenvalue weighted by molar-refractivity contribution is 0.285. The van der Waals surface area contributed by atoms with Gasteiger partial charge in [0.25, 0.3) is 0 Å². The maximum atomic E-state index is 12.4. The Morgan fingerprint density at radius 1 is 1.30 bits per heavy atom. The number of aliphatic hydroxyl groups excluding tert-OH is 1. The molecule has 0 saturated carbocycles. The molecular formula is C13H14BrNO3S2. The molecule has 0 atom stereocenters. The molecule has 1 aromatic heterocycles. The Balaban J connectivity index is 2.18. The summed E-state index contributed by atoms with van der Waals surface area (Å²) in [5.74, 6) is 0. The minimum Gasteiger partial charge on any atom is -0.391 e. The summed E-state index contributed by atoms with van der Waals surface area (Å²) in [6, 6.07) is 9.03. The summed E-state index contributed by atoms with van der Waals surface area (Å²) in [7, 11) is -1.97. The fourth-order valence-electron chi connectivity index (χ4n) is 1.69. The Labute approximate surface area is 130 Å². The van der Waals surface area contributed by atoms with Crippen molar-refractivity contribution < 1.29 is 13.5 Å². The van der Waals surface area contributed by atoms with Crippen LogP contribution in [0, 0.1) is 0 Å². The fourth-order valence-corrected chi connectivity index (χ4v) is 4.24. The summed E-state index contributed by atoms with van der Waals surface area (Å²) in [6.07, 6.45) is 0. The highest BCUT2D eigenvalue weighted by Crippen LogP contribution is 2.23. The standard InChI is InChI=1S/C13H14BrNO3S2/c1-15(7-10-2-4-11(14)5-3-10)20(17,18)13-6-12(8-16)19-9-13/h2-6,9,16H,7-8H2,1H3. The van der Waals surface area contributed by atoms with Gasteiger partial charge in [-0.05, 0) is 23.8 Å². The average molecular weight is 376 g/mol. The van der Waals surface area contributed by atoms with E-state index in [-0.39, 0.29) is 11.5 Å². The molecule has 2 rings (SSSR count). The Hall–Kier alpha value is -0.730. The average Bonchev–Trinajstić information content (AvgIpc) is 2.90. The molecule has 0 aliphatic heterocycles. The first kappa shape index (κ1) is 15.7. The number of hydrogen-bond acceptors (Lipinski definition) is 4. The lowest BCUT2D eigenvalue weighted by Gasteiger charge is -2.16. The van der Waals surface area contributed by atoms with Gasteiger partial charge >= 0.3 is 0 Å². The summed E-state index contributed by atoms with van der Waals surface area (Å²) in [6.45, 7) is 0.163. The van der Waals surface area contributed by atoms with Crippen LogP contribution in [0.5, 0.6) is 0 Å². The molecule has 1 heterocycles. The van der Waals surface area contributed by atoms with Crippen LogP contribution in [0.4, 0.5) is 0 Å². The summed E-state index contributed by atoms with van der Waals surface area (Å²) in [4.78, 5) is 0.867. The number of halogens is 1. The maximum Gasteiger partial charge on any atom is 0.243 e. The van der Waals surface area contributed by atoms with Crippen molar-refractivity contribution >= 4 is 37.3 Å². The van der Waals surface area contributed by atoms with E-state index in [4.69, 9.17) is 5.11 Å². The van der Waals surface area contributed by atoms with Crippen LogP contribution >= 0.6 is 27.3 Å². The van der Waals surface area contributed by atoms with Crippen molar-refractivity contribution in [3.63, 3.8) is 0 Å². The van der Waals surface area contributed by atoms with Gasteiger partial charge in [0.15, 0.2) is 0 Å². The first-order chi connectivity index (χ1) is 9.43. The first-order valence-corrected chi connectivity index (χ1v) is 8.94. The molecule has 7 heteroatoms. The quantitative estimate of drug-likeness (QED) is 0.873. The van der Waals surface area contributed by atoms with Gasteiger partial charge in [0.05, 0.1) is 11.5 Å². The zero-order chi connectivity index (χ0) is 14.8. The highest BCUT2D eigenvalue weighted by Gasteiger charge is 2.22. The second-order valence-electron chi connectivity index (χ2n) is 4.29. The largest absolute Gasteiger partial charge is 0.391 e. The Bertz CT molecular complexity index is 680. The zero-order valence-corrected chi connectivity index (χ0v) is 14.0. The Morgan fingerprint density at radius 2 is 1.95 bits per heavy atom. The molecule has 0 aliphatic carbocycles. The number of thiophene rings is 1. The number of benzene rings is 1. The number of sulfonamides is 1. The molecule has 4 nitrogen and oxygen atoms in total. The third-order valence-electron chi connectivity index (χ3n) is 2.81. The fraction of sp³-hybridized carbons (Fsp3) is 0.231. The van der Waals surface area contributed by atoms with Crippen molar-refractivity contribution in [2.45, 2.75) is 18.0 Å². The molecule has 0 amide bonds. The van der Waals surface area contributed by atoms with E-state index in [2.05, 4.69) is 15.9 Å². The molecule has 0 bridgehead atoms. The van der Waals surface area contributed by atoms with Crippen LogP contribution in [0.25, 0.3) is 0 Å². The van der Waals surface area contributed by atoms with Crippen molar-refractivity contribution in [2.24, 2.45) is 0 Å². The molecule has 0 saturated heterocycles. The Morgan fingerprint density at radius 3 is 2.50 bits per heavy atom. The van der Waals surface area contributed by atoms with E-state index in [0.717, 1.165) is 10.0 Å². The van der Waals surface area contributed by atoms with Crippen LogP contribution in [0.1, 0.15) is 10.4 Å². The van der Waals surface area contributed by atoms with Crippen molar-refractivity contribution in [2.75, 3.05) is 7.05 Å². The number of nitrogens with zero attached hydrogens (tertiary/aromatic N) is 1. The monoisotopic (exact) mass is 375 g/mol. The third-order valence-corrected chi connectivity index (χ3v) is 6.19. The zero-order valence-electron chi connectivity index (χ0n) is 10.8. The van der Waals surface area contributed by atoms with Crippen LogP contribution in [0.2, 0.25) is 0 Å². The molecular weight excluding hydrogens is 362 g/mol. The molecule has 2 aromatic rings. The van der Waals surface area contributed by atoms with Crippen LogP contribution in [-0.4, -0.2) is 24.9 Å². The van der Waals surface area contributed by atoms with E-state index in [0.29, 0.717) is 11.4 Å². The van der Waals surface area contributed by atoms with E-state index in [1.165, 1.54) is 21.7 Å². The van der Waals surface area contributed by atoms with Crippen LogP contribution < -0.4 is 0 Å². The van der Waals surface area contributed by atoms with Crippen LogP contribution in [0.15, 0.2) is 45.1 Å².